The molecule has 21 heavy (non-hydrogen) atoms. The Bertz CT molecular complexity index is 836. The van der Waals surface area contributed by atoms with Gasteiger partial charge in [0.2, 0.25) is 0 Å². The number of ketones is 1. The van der Waals surface area contributed by atoms with Gasteiger partial charge in [-0.15, -0.1) is 0 Å². The standard InChI is InChI=1S/C17H15FN2O/c1-11-9-12(7-8-14(11)18)17(21)10-15-13-5-3-4-6-16(13)20(2)19-15/h3-9H,10H2,1-2H3. The number of nitrogens with zero attached hydrogens (tertiary/aromatic N) is 2. The number of carbonyl (C=O) groups is 1. The van der Waals surface area contributed by atoms with Gasteiger partial charge in [0.25, 0.3) is 0 Å². The van der Waals surface area contributed by atoms with Gasteiger partial charge in [-0.3, -0.25) is 9.48 Å². The van der Waals surface area contributed by atoms with E-state index in [1.54, 1.807) is 17.7 Å². The van der Waals surface area contributed by atoms with E-state index < -0.39 is 0 Å². The highest BCUT2D eigenvalue weighted by Gasteiger charge is 2.14. The van der Waals surface area contributed by atoms with Crippen LogP contribution in [0.25, 0.3) is 10.9 Å². The van der Waals surface area contributed by atoms with Crippen LogP contribution in [0, 0.1) is 12.7 Å². The molecule has 4 heteroatoms. The number of aromatic nitrogens is 2. The molecule has 0 bridgehead atoms. The first-order valence-electron chi connectivity index (χ1n) is 6.76. The molecule has 0 radical (unpaired) electrons. The topological polar surface area (TPSA) is 34.9 Å². The average molecular weight is 282 g/mol. The molecule has 1 aromatic heterocycles. The fourth-order valence-electron chi connectivity index (χ4n) is 2.49. The molecule has 0 N–H and O–H groups in total. The van der Waals surface area contributed by atoms with Crippen LogP contribution in [0.15, 0.2) is 42.5 Å². The summed E-state index contributed by atoms with van der Waals surface area (Å²) in [5.74, 6) is -0.350. The molecule has 3 aromatic rings. The van der Waals surface area contributed by atoms with E-state index in [-0.39, 0.29) is 18.0 Å². The largest absolute Gasteiger partial charge is 0.294 e. The third-order valence-electron chi connectivity index (χ3n) is 3.64. The number of hydrogen-bond acceptors (Lipinski definition) is 2. The maximum atomic E-state index is 13.3. The van der Waals surface area contributed by atoms with Crippen molar-refractivity contribution in [2.75, 3.05) is 0 Å². The van der Waals surface area contributed by atoms with E-state index in [9.17, 15) is 9.18 Å². The zero-order valence-electron chi connectivity index (χ0n) is 11.9. The van der Waals surface area contributed by atoms with Gasteiger partial charge < -0.3 is 0 Å². The molecule has 0 amide bonds. The minimum atomic E-state index is -0.296. The minimum absolute atomic E-state index is 0.0537. The highest BCUT2D eigenvalue weighted by molar-refractivity contribution is 5.99. The molecule has 0 spiro atoms. The summed E-state index contributed by atoms with van der Waals surface area (Å²) in [5.41, 5.74) is 2.74. The molecule has 0 atom stereocenters. The number of carbonyl (C=O) groups excluding carboxylic acids is 1. The van der Waals surface area contributed by atoms with Gasteiger partial charge in [-0.1, -0.05) is 18.2 Å². The predicted octanol–water partition coefficient (Wildman–Crippen LogP) is 3.45. The summed E-state index contributed by atoms with van der Waals surface area (Å²) in [6.07, 6.45) is 0.215. The van der Waals surface area contributed by atoms with E-state index in [1.165, 1.54) is 12.1 Å². The molecule has 0 fully saturated rings. The number of halogens is 1. The molecular formula is C17H15FN2O. The van der Waals surface area contributed by atoms with Gasteiger partial charge in [-0.25, -0.2) is 4.39 Å². The van der Waals surface area contributed by atoms with Crippen LogP contribution >= 0.6 is 0 Å². The first-order chi connectivity index (χ1) is 10.1. The Morgan fingerprint density at radius 2 is 2.00 bits per heavy atom. The van der Waals surface area contributed by atoms with Crippen molar-refractivity contribution in [2.45, 2.75) is 13.3 Å². The van der Waals surface area contributed by atoms with Crippen molar-refractivity contribution in [2.24, 2.45) is 7.05 Å². The molecular weight excluding hydrogens is 267 g/mol. The van der Waals surface area contributed by atoms with E-state index >= 15 is 0 Å². The number of hydrogen-bond donors (Lipinski definition) is 0. The lowest BCUT2D eigenvalue weighted by Gasteiger charge is -2.02. The van der Waals surface area contributed by atoms with Crippen LogP contribution in [0.4, 0.5) is 4.39 Å². The molecule has 0 saturated heterocycles. The maximum Gasteiger partial charge on any atom is 0.168 e. The highest BCUT2D eigenvalue weighted by Crippen LogP contribution is 2.19. The van der Waals surface area contributed by atoms with E-state index in [2.05, 4.69) is 5.10 Å². The van der Waals surface area contributed by atoms with E-state index in [0.29, 0.717) is 11.1 Å². The third-order valence-corrected chi connectivity index (χ3v) is 3.64. The van der Waals surface area contributed by atoms with Crippen molar-refractivity contribution in [3.63, 3.8) is 0 Å². The molecule has 2 aromatic carbocycles. The first-order valence-corrected chi connectivity index (χ1v) is 6.76. The zero-order valence-corrected chi connectivity index (χ0v) is 11.9. The summed E-state index contributed by atoms with van der Waals surface area (Å²) < 4.78 is 15.0. The second kappa shape index (κ2) is 5.13. The van der Waals surface area contributed by atoms with E-state index in [0.717, 1.165) is 16.6 Å². The molecule has 1 heterocycles. The molecule has 0 aliphatic carbocycles. The van der Waals surface area contributed by atoms with Crippen LogP contribution in [-0.2, 0) is 13.5 Å². The Kier molecular flexibility index (Phi) is 3.29. The van der Waals surface area contributed by atoms with Gasteiger partial charge in [0.1, 0.15) is 5.82 Å². The molecule has 3 nitrogen and oxygen atoms in total. The van der Waals surface area contributed by atoms with Crippen molar-refractivity contribution < 1.29 is 9.18 Å². The summed E-state index contributed by atoms with van der Waals surface area (Å²) >= 11 is 0. The molecule has 0 aliphatic heterocycles. The van der Waals surface area contributed by atoms with Crippen molar-refractivity contribution in [3.8, 4) is 0 Å². The molecule has 0 unspecified atom stereocenters. The number of para-hydroxylation sites is 1. The van der Waals surface area contributed by atoms with Gasteiger partial charge in [-0.2, -0.15) is 5.10 Å². The zero-order chi connectivity index (χ0) is 15.0. The lowest BCUT2D eigenvalue weighted by Crippen LogP contribution is -2.05. The summed E-state index contributed by atoms with van der Waals surface area (Å²) in [6, 6.07) is 12.2. The van der Waals surface area contributed by atoms with Crippen LogP contribution in [0.2, 0.25) is 0 Å². The second-order valence-electron chi connectivity index (χ2n) is 5.15. The molecule has 0 aliphatic rings. The Balaban J connectivity index is 1.94. The predicted molar refractivity (Wildman–Crippen MR) is 79.9 cm³/mol. The second-order valence-corrected chi connectivity index (χ2v) is 5.15. The van der Waals surface area contributed by atoms with E-state index in [1.807, 2.05) is 31.3 Å². The van der Waals surface area contributed by atoms with Crippen molar-refractivity contribution in [1.82, 2.24) is 9.78 Å². The van der Waals surface area contributed by atoms with Gasteiger partial charge in [-0.05, 0) is 36.8 Å². The van der Waals surface area contributed by atoms with Crippen molar-refractivity contribution in [1.29, 1.82) is 0 Å². The minimum Gasteiger partial charge on any atom is -0.294 e. The van der Waals surface area contributed by atoms with Crippen LogP contribution in [0.3, 0.4) is 0 Å². The normalized spacial score (nSPS) is 11.0. The average Bonchev–Trinajstić information content (AvgIpc) is 2.79. The van der Waals surface area contributed by atoms with Gasteiger partial charge >= 0.3 is 0 Å². The molecule has 0 saturated carbocycles. The van der Waals surface area contributed by atoms with Crippen molar-refractivity contribution >= 4 is 16.7 Å². The third kappa shape index (κ3) is 2.44. The number of Topliss-reactive ketones (excluding diaryl/α,β-unsaturated/α-hetero) is 1. The highest BCUT2D eigenvalue weighted by atomic mass is 19.1. The molecule has 3 rings (SSSR count). The summed E-state index contributed by atoms with van der Waals surface area (Å²) in [4.78, 5) is 12.4. The Hall–Kier alpha value is -2.49. The Morgan fingerprint density at radius 1 is 1.24 bits per heavy atom. The van der Waals surface area contributed by atoms with Gasteiger partial charge in [0, 0.05) is 18.0 Å². The summed E-state index contributed by atoms with van der Waals surface area (Å²) in [6.45, 7) is 1.66. The van der Waals surface area contributed by atoms with Crippen LogP contribution in [-0.4, -0.2) is 15.6 Å². The van der Waals surface area contributed by atoms with Crippen LogP contribution in [0.5, 0.6) is 0 Å². The van der Waals surface area contributed by atoms with Crippen LogP contribution < -0.4 is 0 Å². The SMILES string of the molecule is Cc1cc(C(=O)Cc2nn(C)c3ccccc23)ccc1F. The summed E-state index contributed by atoms with van der Waals surface area (Å²) in [5, 5.41) is 5.40. The van der Waals surface area contributed by atoms with Crippen molar-refractivity contribution in [3.05, 3.63) is 65.1 Å². The Labute approximate surface area is 122 Å². The molecule has 106 valence electrons. The van der Waals surface area contributed by atoms with E-state index in [4.69, 9.17) is 0 Å². The number of fused-ring (bicyclic) bond motifs is 1. The summed E-state index contributed by atoms with van der Waals surface area (Å²) in [7, 11) is 1.86. The fraction of sp³-hybridized carbons (Fsp3) is 0.176. The smallest absolute Gasteiger partial charge is 0.168 e. The maximum absolute atomic E-state index is 13.3. The Morgan fingerprint density at radius 3 is 2.76 bits per heavy atom. The number of rotatable bonds is 3. The lowest BCUT2D eigenvalue weighted by molar-refractivity contribution is 0.0992. The van der Waals surface area contributed by atoms with Gasteiger partial charge in [0.15, 0.2) is 5.78 Å². The number of aryl methyl sites for hydroxylation is 2. The fourth-order valence-corrected chi connectivity index (χ4v) is 2.49. The van der Waals surface area contributed by atoms with Crippen LogP contribution in [0.1, 0.15) is 21.6 Å². The quantitative estimate of drug-likeness (QED) is 0.690. The first kappa shape index (κ1) is 13.5. The van der Waals surface area contributed by atoms with Gasteiger partial charge in [0.05, 0.1) is 17.6 Å². The monoisotopic (exact) mass is 282 g/mol. The lowest BCUT2D eigenvalue weighted by atomic mass is 10.0. The number of benzene rings is 2.